The summed E-state index contributed by atoms with van der Waals surface area (Å²) in [5.41, 5.74) is 3.33. The molecule has 5 heteroatoms. The molecule has 1 fully saturated rings. The van der Waals surface area contributed by atoms with Crippen molar-refractivity contribution in [2.45, 2.75) is 13.8 Å². The highest BCUT2D eigenvalue weighted by atomic mass is 16.2. The lowest BCUT2D eigenvalue weighted by Gasteiger charge is -2.32. The van der Waals surface area contributed by atoms with Crippen LogP contribution >= 0.6 is 0 Å². The van der Waals surface area contributed by atoms with Gasteiger partial charge in [-0.25, -0.2) is 0 Å². The van der Waals surface area contributed by atoms with Crippen LogP contribution in [0.4, 0.5) is 5.69 Å². The Bertz CT molecular complexity index is 474. The molecule has 1 aliphatic rings. The summed E-state index contributed by atoms with van der Waals surface area (Å²) in [4.78, 5) is 26.2. The molecule has 0 aromatic heterocycles. The van der Waals surface area contributed by atoms with Gasteiger partial charge in [0.1, 0.15) is 0 Å². The Morgan fingerprint density at radius 2 is 1.75 bits per heavy atom. The molecule has 1 heterocycles. The van der Waals surface area contributed by atoms with Crippen molar-refractivity contribution in [3.63, 3.8) is 0 Å². The first-order valence-corrected chi connectivity index (χ1v) is 6.88. The Morgan fingerprint density at radius 3 is 2.30 bits per heavy atom. The molecule has 0 bridgehead atoms. The fourth-order valence-corrected chi connectivity index (χ4v) is 2.44. The highest BCUT2D eigenvalue weighted by Crippen LogP contribution is 2.13. The van der Waals surface area contributed by atoms with E-state index in [1.807, 2.05) is 26.0 Å². The van der Waals surface area contributed by atoms with Crippen LogP contribution in [0.2, 0.25) is 0 Å². The second kappa shape index (κ2) is 6.41. The van der Waals surface area contributed by atoms with Crippen molar-refractivity contribution in [1.29, 1.82) is 0 Å². The van der Waals surface area contributed by atoms with Gasteiger partial charge < -0.3 is 15.1 Å². The summed E-state index contributed by atoms with van der Waals surface area (Å²) in [6, 6.07) is 6.17. The first kappa shape index (κ1) is 14.4. The fourth-order valence-electron chi connectivity index (χ4n) is 2.44. The Morgan fingerprint density at radius 1 is 1.15 bits per heavy atom. The summed E-state index contributed by atoms with van der Waals surface area (Å²) in [6.45, 7) is 6.86. The zero-order chi connectivity index (χ0) is 14.5. The van der Waals surface area contributed by atoms with Crippen molar-refractivity contribution in [2.75, 3.05) is 38.0 Å². The normalized spacial score (nSPS) is 15.1. The Kier molecular flexibility index (Phi) is 4.61. The summed E-state index contributed by atoms with van der Waals surface area (Å²) in [5, 5.41) is 3.17. The van der Waals surface area contributed by atoms with E-state index in [0.717, 1.165) is 12.1 Å². The second-order valence-corrected chi connectivity index (χ2v) is 5.25. The first-order valence-electron chi connectivity index (χ1n) is 6.88. The maximum Gasteiger partial charge on any atom is 0.241 e. The van der Waals surface area contributed by atoms with Crippen LogP contribution in [0.5, 0.6) is 0 Å². The minimum Gasteiger partial charge on any atom is -0.376 e. The van der Waals surface area contributed by atoms with E-state index >= 15 is 0 Å². The van der Waals surface area contributed by atoms with Crippen molar-refractivity contribution in [1.82, 2.24) is 9.80 Å². The van der Waals surface area contributed by atoms with E-state index in [1.165, 1.54) is 11.1 Å². The number of anilines is 1. The molecule has 1 aliphatic heterocycles. The molecule has 5 nitrogen and oxygen atoms in total. The van der Waals surface area contributed by atoms with E-state index in [2.05, 4.69) is 11.4 Å². The van der Waals surface area contributed by atoms with Gasteiger partial charge in [0.15, 0.2) is 0 Å². The van der Waals surface area contributed by atoms with Crippen LogP contribution in [0.25, 0.3) is 0 Å². The lowest BCUT2D eigenvalue weighted by atomic mass is 10.1. The van der Waals surface area contributed by atoms with Gasteiger partial charge in [-0.15, -0.1) is 0 Å². The minimum absolute atomic E-state index is 0.0784. The molecule has 1 aromatic carbocycles. The molecule has 0 atom stereocenters. The quantitative estimate of drug-likeness (QED) is 0.835. The van der Waals surface area contributed by atoms with Crippen LogP contribution in [0.3, 0.4) is 0 Å². The van der Waals surface area contributed by atoms with Crippen LogP contribution in [0.1, 0.15) is 11.1 Å². The molecule has 20 heavy (non-hydrogen) atoms. The number of piperazine rings is 1. The maximum absolute atomic E-state index is 12.1. The summed E-state index contributed by atoms with van der Waals surface area (Å²) in [5.74, 6) is 0.0784. The number of aryl methyl sites for hydroxylation is 2. The largest absolute Gasteiger partial charge is 0.376 e. The van der Waals surface area contributed by atoms with Crippen molar-refractivity contribution in [3.05, 3.63) is 29.3 Å². The van der Waals surface area contributed by atoms with Crippen molar-refractivity contribution in [2.24, 2.45) is 0 Å². The van der Waals surface area contributed by atoms with Gasteiger partial charge in [0, 0.05) is 31.9 Å². The second-order valence-electron chi connectivity index (χ2n) is 5.25. The van der Waals surface area contributed by atoms with Crippen LogP contribution in [-0.2, 0) is 9.59 Å². The minimum atomic E-state index is 0.0784. The average Bonchev–Trinajstić information content (AvgIpc) is 2.44. The molecule has 0 unspecified atom stereocenters. The van der Waals surface area contributed by atoms with Gasteiger partial charge in [-0.1, -0.05) is 6.07 Å². The number of nitrogens with zero attached hydrogens (tertiary/aromatic N) is 2. The number of hydrogen-bond acceptors (Lipinski definition) is 3. The number of benzene rings is 1. The number of hydrogen-bond donors (Lipinski definition) is 1. The summed E-state index contributed by atoms with van der Waals surface area (Å²) < 4.78 is 0. The summed E-state index contributed by atoms with van der Waals surface area (Å²) in [6.07, 6.45) is 0.843. The topological polar surface area (TPSA) is 52.7 Å². The van der Waals surface area contributed by atoms with Gasteiger partial charge in [0.25, 0.3) is 0 Å². The van der Waals surface area contributed by atoms with Crippen molar-refractivity contribution in [3.8, 4) is 0 Å². The lowest BCUT2D eigenvalue weighted by molar-refractivity contribution is -0.133. The Hall–Kier alpha value is -2.04. The van der Waals surface area contributed by atoms with Gasteiger partial charge in [0.05, 0.1) is 6.54 Å². The molecule has 0 aliphatic carbocycles. The van der Waals surface area contributed by atoms with Crippen LogP contribution < -0.4 is 5.32 Å². The molecule has 2 amide bonds. The van der Waals surface area contributed by atoms with Crippen LogP contribution in [-0.4, -0.2) is 54.8 Å². The highest BCUT2D eigenvalue weighted by molar-refractivity contribution is 5.81. The Labute approximate surface area is 119 Å². The zero-order valence-corrected chi connectivity index (χ0v) is 12.1. The third-order valence-corrected chi connectivity index (χ3v) is 3.48. The van der Waals surface area contributed by atoms with E-state index in [1.54, 1.807) is 9.80 Å². The molecule has 1 aromatic rings. The molecule has 1 saturated heterocycles. The molecule has 0 saturated carbocycles. The molecule has 2 rings (SSSR count). The number of carbonyl (C=O) groups is 2. The SMILES string of the molecule is Cc1cc(C)cc(NCC(=O)N2CCN(C=O)CC2)c1. The van der Waals surface area contributed by atoms with Crippen molar-refractivity contribution < 1.29 is 9.59 Å². The summed E-state index contributed by atoms with van der Waals surface area (Å²) in [7, 11) is 0. The maximum atomic E-state index is 12.1. The average molecular weight is 275 g/mol. The van der Waals surface area contributed by atoms with Gasteiger partial charge in [0.2, 0.25) is 12.3 Å². The van der Waals surface area contributed by atoms with Gasteiger partial charge in [-0.2, -0.15) is 0 Å². The Balaban J connectivity index is 1.84. The predicted molar refractivity (Wildman–Crippen MR) is 78.6 cm³/mol. The predicted octanol–water partition coefficient (Wildman–Crippen LogP) is 1.02. The van der Waals surface area contributed by atoms with Crippen LogP contribution in [0, 0.1) is 13.8 Å². The molecule has 108 valence electrons. The van der Waals surface area contributed by atoms with Crippen molar-refractivity contribution >= 4 is 18.0 Å². The van der Waals surface area contributed by atoms with E-state index in [0.29, 0.717) is 32.7 Å². The first-order chi connectivity index (χ1) is 9.58. The van der Waals surface area contributed by atoms with Crippen LogP contribution in [0.15, 0.2) is 18.2 Å². The van der Waals surface area contributed by atoms with E-state index in [-0.39, 0.29) is 5.91 Å². The zero-order valence-electron chi connectivity index (χ0n) is 12.1. The molecular weight excluding hydrogens is 254 g/mol. The summed E-state index contributed by atoms with van der Waals surface area (Å²) >= 11 is 0. The number of nitrogens with one attached hydrogen (secondary N) is 1. The standard InChI is InChI=1S/C15H21N3O2/c1-12-7-13(2)9-14(8-12)16-10-15(20)18-5-3-17(11-19)4-6-18/h7-9,11,16H,3-6,10H2,1-2H3. The van der Waals surface area contributed by atoms with Gasteiger partial charge in [-0.3, -0.25) is 9.59 Å². The van der Waals surface area contributed by atoms with Gasteiger partial charge >= 0.3 is 0 Å². The van der Waals surface area contributed by atoms with E-state index < -0.39 is 0 Å². The molecule has 0 spiro atoms. The van der Waals surface area contributed by atoms with E-state index in [4.69, 9.17) is 0 Å². The number of rotatable bonds is 4. The lowest BCUT2D eigenvalue weighted by Crippen LogP contribution is -2.49. The number of amides is 2. The number of carbonyl (C=O) groups excluding carboxylic acids is 2. The third-order valence-electron chi connectivity index (χ3n) is 3.48. The highest BCUT2D eigenvalue weighted by Gasteiger charge is 2.19. The van der Waals surface area contributed by atoms with Gasteiger partial charge in [-0.05, 0) is 37.1 Å². The molecule has 1 N–H and O–H groups in total. The molecular formula is C15H21N3O2. The molecule has 0 radical (unpaired) electrons. The smallest absolute Gasteiger partial charge is 0.241 e. The monoisotopic (exact) mass is 275 g/mol. The van der Waals surface area contributed by atoms with E-state index in [9.17, 15) is 9.59 Å². The fraction of sp³-hybridized carbons (Fsp3) is 0.467. The third kappa shape index (κ3) is 3.73.